The Hall–Kier alpha value is -1.62. The van der Waals surface area contributed by atoms with Gasteiger partial charge in [-0.25, -0.2) is 4.39 Å². The summed E-state index contributed by atoms with van der Waals surface area (Å²) in [7, 11) is 0. The van der Waals surface area contributed by atoms with Crippen molar-refractivity contribution in [2.24, 2.45) is 0 Å². The van der Waals surface area contributed by atoms with Gasteiger partial charge in [0.2, 0.25) is 5.91 Å². The van der Waals surface area contributed by atoms with Crippen molar-refractivity contribution in [2.75, 3.05) is 11.9 Å². The third-order valence-electron chi connectivity index (χ3n) is 2.73. The van der Waals surface area contributed by atoms with Crippen LogP contribution in [-0.2, 0) is 11.3 Å². The molecular weight excluding hydrogens is 314 g/mol. The van der Waals surface area contributed by atoms with Crippen LogP contribution in [0.4, 0.5) is 10.1 Å². The molecule has 2 rings (SSSR count). The smallest absolute Gasteiger partial charge is 0.238 e. The molecule has 6 heteroatoms. The number of halogens is 3. The Kier molecular flexibility index (Phi) is 5.56. The van der Waals surface area contributed by atoms with E-state index in [1.807, 2.05) is 0 Å². The molecule has 0 aliphatic carbocycles. The third kappa shape index (κ3) is 5.01. The number of hydrogen-bond acceptors (Lipinski definition) is 2. The van der Waals surface area contributed by atoms with Crippen LogP contribution < -0.4 is 10.6 Å². The van der Waals surface area contributed by atoms with Crippen molar-refractivity contribution in [3.63, 3.8) is 0 Å². The maximum absolute atomic E-state index is 12.7. The van der Waals surface area contributed by atoms with Gasteiger partial charge < -0.3 is 10.6 Å². The lowest BCUT2D eigenvalue weighted by atomic mass is 10.2. The molecule has 0 radical (unpaired) electrons. The summed E-state index contributed by atoms with van der Waals surface area (Å²) in [5.74, 6) is -0.480. The number of carbonyl (C=O) groups is 1. The Labute approximate surface area is 132 Å². The van der Waals surface area contributed by atoms with Gasteiger partial charge in [0.25, 0.3) is 0 Å². The third-order valence-corrected chi connectivity index (χ3v) is 3.47. The fourth-order valence-corrected chi connectivity index (χ4v) is 2.00. The molecule has 0 bridgehead atoms. The second-order valence-corrected chi connectivity index (χ2v) is 5.22. The Balaban J connectivity index is 1.79. The van der Waals surface area contributed by atoms with Crippen LogP contribution in [0, 0.1) is 5.82 Å². The molecule has 0 unspecified atom stereocenters. The summed E-state index contributed by atoms with van der Waals surface area (Å²) in [5, 5.41) is 6.49. The molecule has 21 heavy (non-hydrogen) atoms. The number of anilines is 1. The SMILES string of the molecule is O=C(CNCc1ccc(F)cc1)Nc1ccc(Cl)c(Cl)c1. The van der Waals surface area contributed by atoms with E-state index in [4.69, 9.17) is 23.2 Å². The van der Waals surface area contributed by atoms with E-state index in [2.05, 4.69) is 10.6 Å². The molecule has 2 aromatic rings. The molecule has 0 atom stereocenters. The summed E-state index contributed by atoms with van der Waals surface area (Å²) >= 11 is 11.7. The zero-order valence-corrected chi connectivity index (χ0v) is 12.5. The molecule has 0 saturated heterocycles. The van der Waals surface area contributed by atoms with Gasteiger partial charge in [0.05, 0.1) is 16.6 Å². The summed E-state index contributed by atoms with van der Waals surface area (Å²) in [6.45, 7) is 0.618. The van der Waals surface area contributed by atoms with Gasteiger partial charge >= 0.3 is 0 Å². The Morgan fingerprint density at radius 3 is 2.43 bits per heavy atom. The van der Waals surface area contributed by atoms with Crippen LogP contribution >= 0.6 is 23.2 Å². The van der Waals surface area contributed by atoms with Crippen molar-refractivity contribution in [1.82, 2.24) is 5.32 Å². The van der Waals surface area contributed by atoms with E-state index in [0.717, 1.165) is 5.56 Å². The monoisotopic (exact) mass is 326 g/mol. The second-order valence-electron chi connectivity index (χ2n) is 4.41. The first-order chi connectivity index (χ1) is 10.0. The average molecular weight is 327 g/mol. The zero-order chi connectivity index (χ0) is 15.2. The summed E-state index contributed by atoms with van der Waals surface area (Å²) in [4.78, 5) is 11.7. The van der Waals surface area contributed by atoms with E-state index in [1.165, 1.54) is 12.1 Å². The van der Waals surface area contributed by atoms with Crippen LogP contribution in [0.15, 0.2) is 42.5 Å². The van der Waals surface area contributed by atoms with Crippen molar-refractivity contribution in [3.05, 3.63) is 63.9 Å². The first-order valence-electron chi connectivity index (χ1n) is 6.24. The van der Waals surface area contributed by atoms with Crippen LogP contribution in [0.25, 0.3) is 0 Å². The largest absolute Gasteiger partial charge is 0.325 e. The van der Waals surface area contributed by atoms with Crippen LogP contribution in [-0.4, -0.2) is 12.5 Å². The first-order valence-corrected chi connectivity index (χ1v) is 7.00. The molecule has 3 nitrogen and oxygen atoms in total. The molecule has 2 N–H and O–H groups in total. The highest BCUT2D eigenvalue weighted by Gasteiger charge is 2.04. The molecule has 0 fully saturated rings. The van der Waals surface area contributed by atoms with Crippen LogP contribution in [0.1, 0.15) is 5.56 Å². The summed E-state index contributed by atoms with van der Waals surface area (Å²) in [6, 6.07) is 11.0. The van der Waals surface area contributed by atoms with E-state index in [-0.39, 0.29) is 18.3 Å². The van der Waals surface area contributed by atoms with Crippen LogP contribution in [0.5, 0.6) is 0 Å². The molecule has 0 heterocycles. The Morgan fingerprint density at radius 1 is 1.05 bits per heavy atom. The molecule has 2 aromatic carbocycles. The molecule has 0 aliphatic rings. The number of amides is 1. The van der Waals surface area contributed by atoms with Crippen molar-refractivity contribution in [1.29, 1.82) is 0 Å². The minimum atomic E-state index is -0.281. The fourth-order valence-electron chi connectivity index (χ4n) is 1.70. The summed E-state index contributed by atoms with van der Waals surface area (Å²) in [5.41, 5.74) is 1.48. The van der Waals surface area contributed by atoms with Gasteiger partial charge in [-0.05, 0) is 35.9 Å². The standard InChI is InChI=1S/C15H13Cl2FN2O/c16-13-6-5-12(7-14(13)17)20-15(21)9-19-8-10-1-3-11(18)4-2-10/h1-7,19H,8-9H2,(H,20,21). The van der Waals surface area contributed by atoms with Crippen molar-refractivity contribution in [2.45, 2.75) is 6.54 Å². The van der Waals surface area contributed by atoms with Gasteiger partial charge in [-0.3, -0.25) is 4.79 Å². The second kappa shape index (κ2) is 7.41. The van der Waals surface area contributed by atoms with Crippen LogP contribution in [0.3, 0.4) is 0 Å². The normalized spacial score (nSPS) is 10.4. The summed E-state index contributed by atoms with van der Waals surface area (Å²) < 4.78 is 12.7. The Bertz CT molecular complexity index is 632. The predicted molar refractivity (Wildman–Crippen MR) is 83.2 cm³/mol. The van der Waals surface area contributed by atoms with Crippen molar-refractivity contribution < 1.29 is 9.18 Å². The first kappa shape index (κ1) is 15.8. The minimum Gasteiger partial charge on any atom is -0.325 e. The highest BCUT2D eigenvalue weighted by atomic mass is 35.5. The number of carbonyl (C=O) groups excluding carboxylic acids is 1. The van der Waals surface area contributed by atoms with Gasteiger partial charge in [-0.2, -0.15) is 0 Å². The number of benzene rings is 2. The van der Waals surface area contributed by atoms with Crippen molar-refractivity contribution in [3.8, 4) is 0 Å². The molecule has 110 valence electrons. The van der Waals surface area contributed by atoms with E-state index < -0.39 is 0 Å². The van der Waals surface area contributed by atoms with Crippen molar-refractivity contribution >= 4 is 34.8 Å². The highest BCUT2D eigenvalue weighted by Crippen LogP contribution is 2.24. The Morgan fingerprint density at radius 2 is 1.76 bits per heavy atom. The number of nitrogens with one attached hydrogen (secondary N) is 2. The maximum atomic E-state index is 12.7. The number of hydrogen-bond donors (Lipinski definition) is 2. The zero-order valence-electron chi connectivity index (χ0n) is 11.0. The summed E-state index contributed by atoms with van der Waals surface area (Å²) in [6.07, 6.45) is 0. The molecule has 0 aliphatic heterocycles. The van der Waals surface area contributed by atoms with Gasteiger partial charge in [0.1, 0.15) is 5.82 Å². The van der Waals surface area contributed by atoms with E-state index in [0.29, 0.717) is 22.3 Å². The fraction of sp³-hybridized carbons (Fsp3) is 0.133. The quantitative estimate of drug-likeness (QED) is 0.875. The minimum absolute atomic E-state index is 0.137. The van der Waals surface area contributed by atoms with Gasteiger partial charge in [-0.1, -0.05) is 35.3 Å². The average Bonchev–Trinajstić information content (AvgIpc) is 2.45. The highest BCUT2D eigenvalue weighted by molar-refractivity contribution is 6.42. The van der Waals surface area contributed by atoms with E-state index >= 15 is 0 Å². The predicted octanol–water partition coefficient (Wildman–Crippen LogP) is 3.86. The topological polar surface area (TPSA) is 41.1 Å². The maximum Gasteiger partial charge on any atom is 0.238 e. The van der Waals surface area contributed by atoms with Gasteiger partial charge in [-0.15, -0.1) is 0 Å². The number of rotatable bonds is 5. The molecule has 0 aromatic heterocycles. The molecule has 0 spiro atoms. The van der Waals surface area contributed by atoms with Gasteiger partial charge in [0, 0.05) is 12.2 Å². The van der Waals surface area contributed by atoms with Crippen LogP contribution in [0.2, 0.25) is 10.0 Å². The lowest BCUT2D eigenvalue weighted by Gasteiger charge is -2.08. The lowest BCUT2D eigenvalue weighted by molar-refractivity contribution is -0.115. The van der Waals surface area contributed by atoms with E-state index in [1.54, 1.807) is 30.3 Å². The van der Waals surface area contributed by atoms with Gasteiger partial charge in [0.15, 0.2) is 0 Å². The molecule has 0 saturated carbocycles. The lowest BCUT2D eigenvalue weighted by Crippen LogP contribution is -2.27. The molecular formula is C15H13Cl2FN2O. The van der Waals surface area contributed by atoms with E-state index in [9.17, 15) is 9.18 Å². The molecule has 1 amide bonds.